The maximum Gasteiger partial charge on any atom is 0.429 e. The van der Waals surface area contributed by atoms with Gasteiger partial charge in [-0.05, 0) is 12.8 Å². The van der Waals surface area contributed by atoms with E-state index in [1.165, 1.54) is 94.9 Å². The fourth-order valence-electron chi connectivity index (χ4n) is 4.07. The zero-order chi connectivity index (χ0) is 26.5. The van der Waals surface area contributed by atoms with Gasteiger partial charge in [0.05, 0.1) is 6.61 Å². The van der Waals surface area contributed by atoms with E-state index in [2.05, 4.69) is 11.7 Å². The van der Waals surface area contributed by atoms with Gasteiger partial charge in [0.25, 0.3) is 0 Å². The van der Waals surface area contributed by atoms with Crippen LogP contribution in [-0.2, 0) is 19.1 Å². The number of carbonyl (C=O) groups excluding carboxylic acids is 2. The molecule has 0 aliphatic rings. The van der Waals surface area contributed by atoms with Crippen LogP contribution in [0.5, 0.6) is 0 Å². The number of unbranched alkanes of at least 4 members (excludes halogenated alkanes) is 13. The summed E-state index contributed by atoms with van der Waals surface area (Å²) in [5.41, 5.74) is -0.133. The third-order valence-electron chi connectivity index (χ3n) is 6.17. The first-order valence-corrected chi connectivity index (χ1v) is 13.8. The predicted octanol–water partition coefficient (Wildman–Crippen LogP) is 9.03. The van der Waals surface area contributed by atoms with Crippen molar-refractivity contribution < 1.29 is 32.2 Å². The summed E-state index contributed by atoms with van der Waals surface area (Å²) in [6.45, 7) is 2.58. The van der Waals surface area contributed by atoms with Crippen molar-refractivity contribution in [3.63, 3.8) is 0 Å². The van der Waals surface area contributed by atoms with Gasteiger partial charge >= 0.3 is 18.1 Å². The Balaban J connectivity index is 1.99. The van der Waals surface area contributed by atoms with Crippen molar-refractivity contribution in [2.75, 3.05) is 6.61 Å². The standard InChI is InChI=1S/C29H45F3O4/c1-2-3-4-5-6-7-8-9-10-11-12-13-14-18-24-35-26(33)22-19-23-27(34)36-28(29(30,31)32)25-20-16-15-17-21-25/h15-17,20-21,28H,2-14,18-19,22-24H2,1H3. The first-order valence-electron chi connectivity index (χ1n) is 13.8. The summed E-state index contributed by atoms with van der Waals surface area (Å²) in [4.78, 5) is 23.7. The molecule has 0 aliphatic heterocycles. The van der Waals surface area contributed by atoms with Crippen molar-refractivity contribution in [1.29, 1.82) is 0 Å². The molecule has 1 atom stereocenters. The van der Waals surface area contributed by atoms with E-state index in [9.17, 15) is 22.8 Å². The predicted molar refractivity (Wildman–Crippen MR) is 136 cm³/mol. The van der Waals surface area contributed by atoms with Crippen molar-refractivity contribution in [3.8, 4) is 0 Å². The highest BCUT2D eigenvalue weighted by Crippen LogP contribution is 2.36. The Morgan fingerprint density at radius 1 is 0.694 bits per heavy atom. The molecule has 0 N–H and O–H groups in total. The van der Waals surface area contributed by atoms with E-state index in [1.807, 2.05) is 0 Å². The van der Waals surface area contributed by atoms with Gasteiger partial charge in [-0.2, -0.15) is 13.2 Å². The SMILES string of the molecule is CCCCCCCCCCCCCCCCOC(=O)CCCC(=O)OC(c1ccccc1)C(F)(F)F. The van der Waals surface area contributed by atoms with Crippen molar-refractivity contribution in [2.45, 2.75) is 128 Å². The molecule has 1 aromatic rings. The van der Waals surface area contributed by atoms with Crippen LogP contribution >= 0.6 is 0 Å². The van der Waals surface area contributed by atoms with Crippen LogP contribution in [0.25, 0.3) is 0 Å². The molecular weight excluding hydrogens is 469 g/mol. The van der Waals surface area contributed by atoms with Crippen molar-refractivity contribution >= 4 is 11.9 Å². The summed E-state index contributed by atoms with van der Waals surface area (Å²) in [5, 5.41) is 0. The van der Waals surface area contributed by atoms with Gasteiger partial charge in [-0.25, -0.2) is 0 Å². The minimum atomic E-state index is -4.70. The summed E-state index contributed by atoms with van der Waals surface area (Å²) in [7, 11) is 0. The highest BCUT2D eigenvalue weighted by Gasteiger charge is 2.43. The summed E-state index contributed by atoms with van der Waals surface area (Å²) in [6.07, 6.45) is 10.3. The van der Waals surface area contributed by atoms with Crippen LogP contribution in [-0.4, -0.2) is 24.7 Å². The molecule has 206 valence electrons. The van der Waals surface area contributed by atoms with E-state index in [4.69, 9.17) is 4.74 Å². The third-order valence-corrected chi connectivity index (χ3v) is 6.17. The van der Waals surface area contributed by atoms with Gasteiger partial charge in [-0.15, -0.1) is 0 Å². The summed E-state index contributed by atoms with van der Waals surface area (Å²) >= 11 is 0. The lowest BCUT2D eigenvalue weighted by atomic mass is 10.0. The minimum Gasteiger partial charge on any atom is -0.466 e. The van der Waals surface area contributed by atoms with E-state index in [0.717, 1.165) is 19.3 Å². The van der Waals surface area contributed by atoms with Crippen molar-refractivity contribution in [2.24, 2.45) is 0 Å². The Hall–Kier alpha value is -2.05. The monoisotopic (exact) mass is 514 g/mol. The van der Waals surface area contributed by atoms with E-state index < -0.39 is 24.2 Å². The van der Waals surface area contributed by atoms with Crippen LogP contribution in [0.1, 0.15) is 128 Å². The molecule has 1 rings (SSSR count). The molecule has 7 heteroatoms. The Labute approximate surface area is 215 Å². The lowest BCUT2D eigenvalue weighted by Crippen LogP contribution is -2.26. The molecule has 0 bridgehead atoms. The van der Waals surface area contributed by atoms with Gasteiger partial charge in [0, 0.05) is 18.4 Å². The quantitative estimate of drug-likeness (QED) is 0.121. The largest absolute Gasteiger partial charge is 0.466 e. The lowest BCUT2D eigenvalue weighted by Gasteiger charge is -2.21. The van der Waals surface area contributed by atoms with Crippen LogP contribution < -0.4 is 0 Å². The Bertz CT molecular complexity index is 692. The van der Waals surface area contributed by atoms with Crippen LogP contribution in [0.4, 0.5) is 13.2 Å². The fraction of sp³-hybridized carbons (Fsp3) is 0.724. The molecule has 0 fully saturated rings. The van der Waals surface area contributed by atoms with Crippen LogP contribution in [0, 0.1) is 0 Å². The molecule has 0 radical (unpaired) electrons. The Kier molecular flexibility index (Phi) is 17.8. The number of benzene rings is 1. The molecule has 0 saturated carbocycles. The maximum absolute atomic E-state index is 13.2. The van der Waals surface area contributed by atoms with Crippen molar-refractivity contribution in [1.82, 2.24) is 0 Å². The molecule has 0 spiro atoms. The first kappa shape index (κ1) is 32.0. The third kappa shape index (κ3) is 16.6. The van der Waals surface area contributed by atoms with Crippen LogP contribution in [0.2, 0.25) is 0 Å². The van der Waals surface area contributed by atoms with Gasteiger partial charge in [-0.3, -0.25) is 9.59 Å². The minimum absolute atomic E-state index is 0.0181. The average Bonchev–Trinajstić information content (AvgIpc) is 2.84. The Morgan fingerprint density at radius 3 is 1.67 bits per heavy atom. The molecule has 0 aliphatic carbocycles. The number of carbonyl (C=O) groups is 2. The molecule has 4 nitrogen and oxygen atoms in total. The van der Waals surface area contributed by atoms with Gasteiger partial charge in [0.2, 0.25) is 6.10 Å². The van der Waals surface area contributed by atoms with E-state index in [0.29, 0.717) is 6.61 Å². The van der Waals surface area contributed by atoms with E-state index in [1.54, 1.807) is 6.07 Å². The van der Waals surface area contributed by atoms with Gasteiger partial charge in [0.1, 0.15) is 0 Å². The number of hydrogen-bond donors (Lipinski definition) is 0. The number of halogens is 3. The fourth-order valence-corrected chi connectivity index (χ4v) is 4.07. The number of alkyl halides is 3. The second-order valence-corrected chi connectivity index (χ2v) is 9.49. The molecule has 0 saturated heterocycles. The maximum atomic E-state index is 13.2. The lowest BCUT2D eigenvalue weighted by molar-refractivity contribution is -0.224. The van der Waals surface area contributed by atoms with Gasteiger partial charge in [0.15, 0.2) is 0 Å². The normalized spacial score (nSPS) is 12.3. The number of rotatable bonds is 21. The van der Waals surface area contributed by atoms with E-state index >= 15 is 0 Å². The molecule has 0 heterocycles. The molecule has 0 amide bonds. The molecular formula is C29H45F3O4. The Morgan fingerprint density at radius 2 is 1.17 bits per heavy atom. The number of ether oxygens (including phenoxy) is 2. The smallest absolute Gasteiger partial charge is 0.429 e. The van der Waals surface area contributed by atoms with Gasteiger partial charge < -0.3 is 9.47 Å². The molecule has 1 unspecified atom stereocenters. The van der Waals surface area contributed by atoms with Crippen molar-refractivity contribution in [3.05, 3.63) is 35.9 Å². The highest BCUT2D eigenvalue weighted by atomic mass is 19.4. The average molecular weight is 515 g/mol. The van der Waals surface area contributed by atoms with Gasteiger partial charge in [-0.1, -0.05) is 121 Å². The van der Waals surface area contributed by atoms with Crippen LogP contribution in [0.15, 0.2) is 30.3 Å². The first-order chi connectivity index (χ1) is 17.3. The molecule has 1 aromatic carbocycles. The summed E-state index contributed by atoms with van der Waals surface area (Å²) in [6, 6.07) is 7.02. The second-order valence-electron chi connectivity index (χ2n) is 9.49. The summed E-state index contributed by atoms with van der Waals surface area (Å²) < 4.78 is 49.6. The zero-order valence-corrected chi connectivity index (χ0v) is 22.0. The number of esters is 2. The molecule has 36 heavy (non-hydrogen) atoms. The number of hydrogen-bond acceptors (Lipinski definition) is 4. The molecule has 0 aromatic heterocycles. The second kappa shape index (κ2) is 20.1. The summed E-state index contributed by atoms with van der Waals surface area (Å²) in [5.74, 6) is -1.42. The topological polar surface area (TPSA) is 52.6 Å². The zero-order valence-electron chi connectivity index (χ0n) is 22.0. The highest BCUT2D eigenvalue weighted by molar-refractivity contribution is 5.72. The van der Waals surface area contributed by atoms with Crippen LogP contribution in [0.3, 0.4) is 0 Å². The van der Waals surface area contributed by atoms with E-state index in [-0.39, 0.29) is 24.8 Å².